The molecule has 18 heavy (non-hydrogen) atoms. The highest BCUT2D eigenvalue weighted by atomic mass is 35.5. The lowest BCUT2D eigenvalue weighted by atomic mass is 10.3. The van der Waals surface area contributed by atoms with Gasteiger partial charge in [0.05, 0.1) is 5.69 Å². The van der Waals surface area contributed by atoms with Crippen LogP contribution in [0.4, 0.5) is 14.5 Å². The van der Waals surface area contributed by atoms with Crippen LogP contribution in [0.2, 0.25) is 5.02 Å². The minimum atomic E-state index is -4.06. The number of rotatable bonds is 5. The molecule has 1 aromatic rings. The summed E-state index contributed by atoms with van der Waals surface area (Å²) in [5, 5.41) is 9.07. The van der Waals surface area contributed by atoms with Gasteiger partial charge < -0.3 is 10.8 Å². The lowest BCUT2D eigenvalue weighted by molar-refractivity contribution is -0.000450. The van der Waals surface area contributed by atoms with Crippen LogP contribution in [0.5, 0.6) is 0 Å². The highest BCUT2D eigenvalue weighted by molar-refractivity contribution is 7.89. The molecule has 0 fully saturated rings. The van der Waals surface area contributed by atoms with Crippen molar-refractivity contribution in [3.63, 3.8) is 0 Å². The number of hydrogen-bond acceptors (Lipinski definition) is 4. The summed E-state index contributed by atoms with van der Waals surface area (Å²) in [5.74, 6) is 0. The van der Waals surface area contributed by atoms with Gasteiger partial charge in [-0.15, -0.1) is 0 Å². The first-order valence-electron chi connectivity index (χ1n) is 4.75. The van der Waals surface area contributed by atoms with Gasteiger partial charge >= 0.3 is 0 Å². The number of anilines is 1. The highest BCUT2D eigenvalue weighted by Gasteiger charge is 2.22. The first kappa shape index (κ1) is 15.1. The number of benzene rings is 1. The molecule has 102 valence electrons. The van der Waals surface area contributed by atoms with Gasteiger partial charge in [-0.1, -0.05) is 11.6 Å². The molecule has 9 heteroatoms. The fraction of sp³-hybridized carbons (Fsp3) is 0.333. The van der Waals surface area contributed by atoms with E-state index in [1.807, 2.05) is 4.72 Å². The van der Waals surface area contributed by atoms with E-state index < -0.39 is 29.1 Å². The molecule has 4 N–H and O–H groups in total. The van der Waals surface area contributed by atoms with Crippen molar-refractivity contribution in [2.24, 2.45) is 0 Å². The summed E-state index contributed by atoms with van der Waals surface area (Å²) in [5.41, 5.74) is 5.35. The molecule has 0 heterocycles. The van der Waals surface area contributed by atoms with Gasteiger partial charge in [0.2, 0.25) is 10.0 Å². The van der Waals surface area contributed by atoms with Crippen LogP contribution >= 0.6 is 11.6 Å². The Hall–Kier alpha value is -0.960. The highest BCUT2D eigenvalue weighted by Crippen LogP contribution is 2.22. The number of aliphatic hydroxyl groups excluding tert-OH is 1. The van der Waals surface area contributed by atoms with Crippen LogP contribution in [0.1, 0.15) is 0 Å². The van der Waals surface area contributed by atoms with Gasteiger partial charge in [-0.2, -0.15) is 0 Å². The Morgan fingerprint density at radius 2 is 2.06 bits per heavy atom. The Labute approximate surface area is 108 Å². The third-order valence-electron chi connectivity index (χ3n) is 2.03. The maximum atomic E-state index is 12.0. The zero-order valence-electron chi connectivity index (χ0n) is 8.98. The van der Waals surface area contributed by atoms with Crippen molar-refractivity contribution >= 4 is 27.3 Å². The van der Waals surface area contributed by atoms with Crippen molar-refractivity contribution in [3.8, 4) is 0 Å². The monoisotopic (exact) mass is 300 g/mol. The second-order valence-corrected chi connectivity index (χ2v) is 5.61. The lowest BCUT2D eigenvalue weighted by Gasteiger charge is -2.12. The maximum Gasteiger partial charge on any atom is 0.265 e. The molecule has 0 saturated heterocycles. The van der Waals surface area contributed by atoms with Crippen LogP contribution < -0.4 is 10.5 Å². The first-order valence-corrected chi connectivity index (χ1v) is 6.61. The Balaban J connectivity index is 2.87. The number of aliphatic hydroxyl groups is 1. The molecular formula is C9H11ClF2N2O3S. The van der Waals surface area contributed by atoms with Crippen LogP contribution in [0, 0.1) is 0 Å². The molecule has 1 unspecified atom stereocenters. The molecule has 1 rings (SSSR count). The Morgan fingerprint density at radius 1 is 1.44 bits per heavy atom. The summed E-state index contributed by atoms with van der Waals surface area (Å²) in [6, 6.07) is 3.67. The van der Waals surface area contributed by atoms with Gasteiger partial charge in [0, 0.05) is 11.6 Å². The maximum absolute atomic E-state index is 12.0. The van der Waals surface area contributed by atoms with Gasteiger partial charge in [-0.3, -0.25) is 0 Å². The van der Waals surface area contributed by atoms with Gasteiger partial charge in [-0.25, -0.2) is 21.9 Å². The minimum Gasteiger partial charge on any atom is -0.398 e. The van der Waals surface area contributed by atoms with E-state index in [9.17, 15) is 17.2 Å². The molecule has 5 nitrogen and oxygen atoms in total. The molecule has 0 aliphatic rings. The third kappa shape index (κ3) is 3.77. The van der Waals surface area contributed by atoms with E-state index in [0.29, 0.717) is 0 Å². The number of nitrogens with one attached hydrogen (secondary N) is 1. The van der Waals surface area contributed by atoms with Crippen LogP contribution in [0.3, 0.4) is 0 Å². The quantitative estimate of drug-likeness (QED) is 0.702. The van der Waals surface area contributed by atoms with E-state index in [1.165, 1.54) is 12.1 Å². The van der Waals surface area contributed by atoms with Crippen molar-refractivity contribution in [2.75, 3.05) is 12.3 Å². The van der Waals surface area contributed by atoms with Crippen LogP contribution in [-0.4, -0.2) is 32.6 Å². The summed E-state index contributed by atoms with van der Waals surface area (Å²) in [6.07, 6.45) is -5.11. The predicted octanol–water partition coefficient (Wildman–Crippen LogP) is 0.827. The average molecular weight is 301 g/mol. The zero-order chi connectivity index (χ0) is 13.9. The van der Waals surface area contributed by atoms with E-state index in [2.05, 4.69) is 0 Å². The lowest BCUT2D eigenvalue weighted by Crippen LogP contribution is -2.36. The number of nitrogen functional groups attached to an aromatic ring is 1. The fourth-order valence-electron chi connectivity index (χ4n) is 1.13. The number of sulfonamides is 1. The van der Waals surface area contributed by atoms with Crippen LogP contribution in [0.15, 0.2) is 23.1 Å². The molecule has 1 atom stereocenters. The fourth-order valence-corrected chi connectivity index (χ4v) is 2.47. The Morgan fingerprint density at radius 3 is 2.56 bits per heavy atom. The standard InChI is InChI=1S/C9H11ClF2N2O3S/c10-5-1-2-8(6(13)3-5)18(16,17)14-4-7(15)9(11)12/h1-3,7,9,14-15H,4,13H2. The smallest absolute Gasteiger partial charge is 0.265 e. The molecule has 0 amide bonds. The average Bonchev–Trinajstić information content (AvgIpc) is 2.25. The number of halogens is 3. The van der Waals surface area contributed by atoms with Crippen molar-refractivity contribution in [3.05, 3.63) is 23.2 Å². The zero-order valence-corrected chi connectivity index (χ0v) is 10.5. The van der Waals surface area contributed by atoms with Crippen molar-refractivity contribution < 1.29 is 22.3 Å². The van der Waals surface area contributed by atoms with Gasteiger partial charge in [-0.05, 0) is 18.2 Å². The second-order valence-electron chi connectivity index (χ2n) is 3.44. The molecule has 1 aromatic carbocycles. The first-order chi connectivity index (χ1) is 8.24. The Kier molecular flexibility index (Phi) is 4.85. The van der Waals surface area contributed by atoms with Crippen molar-refractivity contribution in [1.29, 1.82) is 0 Å². The largest absolute Gasteiger partial charge is 0.398 e. The van der Waals surface area contributed by atoms with Crippen LogP contribution in [-0.2, 0) is 10.0 Å². The van der Waals surface area contributed by atoms with E-state index >= 15 is 0 Å². The van der Waals surface area contributed by atoms with E-state index in [0.717, 1.165) is 6.07 Å². The summed E-state index contributed by atoms with van der Waals surface area (Å²) < 4.78 is 49.3. The molecule has 0 aliphatic carbocycles. The summed E-state index contributed by atoms with van der Waals surface area (Å²) in [7, 11) is -4.06. The SMILES string of the molecule is Nc1cc(Cl)ccc1S(=O)(=O)NCC(O)C(F)F. The molecule has 0 saturated carbocycles. The van der Waals surface area contributed by atoms with E-state index in [-0.39, 0.29) is 15.6 Å². The summed E-state index contributed by atoms with van der Waals surface area (Å²) in [4.78, 5) is -0.284. The molecule has 0 radical (unpaired) electrons. The number of alkyl halides is 2. The Bertz CT molecular complexity index is 525. The van der Waals surface area contributed by atoms with E-state index in [1.54, 1.807) is 0 Å². The molecular weight excluding hydrogens is 290 g/mol. The van der Waals surface area contributed by atoms with E-state index in [4.69, 9.17) is 22.4 Å². The molecule has 0 spiro atoms. The summed E-state index contributed by atoms with van der Waals surface area (Å²) >= 11 is 5.60. The van der Waals surface area contributed by atoms with Gasteiger partial charge in [0.25, 0.3) is 6.43 Å². The van der Waals surface area contributed by atoms with Crippen LogP contribution in [0.25, 0.3) is 0 Å². The van der Waals surface area contributed by atoms with Crippen molar-refractivity contribution in [2.45, 2.75) is 17.4 Å². The van der Waals surface area contributed by atoms with Crippen molar-refractivity contribution in [1.82, 2.24) is 4.72 Å². The number of hydrogen-bond donors (Lipinski definition) is 3. The predicted molar refractivity (Wildman–Crippen MR) is 63.1 cm³/mol. The molecule has 0 aromatic heterocycles. The molecule has 0 aliphatic heterocycles. The third-order valence-corrected chi connectivity index (χ3v) is 3.77. The number of nitrogens with two attached hydrogens (primary N) is 1. The minimum absolute atomic E-state index is 0.110. The topological polar surface area (TPSA) is 92.4 Å². The van der Waals surface area contributed by atoms with Gasteiger partial charge in [0.1, 0.15) is 11.0 Å². The summed E-state index contributed by atoms with van der Waals surface area (Å²) in [6.45, 7) is -0.804. The molecule has 0 bridgehead atoms. The normalized spacial score (nSPS) is 13.8. The second kappa shape index (κ2) is 5.79. The van der Waals surface area contributed by atoms with Gasteiger partial charge in [0.15, 0.2) is 0 Å².